The Labute approximate surface area is 140 Å². The molecule has 0 aromatic carbocycles. The Kier molecular flexibility index (Phi) is 7.76. The summed E-state index contributed by atoms with van der Waals surface area (Å²) >= 11 is 1.08. The summed E-state index contributed by atoms with van der Waals surface area (Å²) in [5.74, 6) is -2.98. The van der Waals surface area contributed by atoms with Gasteiger partial charge in [0.25, 0.3) is 10.1 Å². The molecule has 1 atom stereocenters. The van der Waals surface area contributed by atoms with E-state index in [0.717, 1.165) is 11.3 Å². The average molecular weight is 331 g/mol. The number of carbonyl (C=O) groups is 2. The summed E-state index contributed by atoms with van der Waals surface area (Å²) in [5.41, 5.74) is 0. The molecule has 0 aliphatic carbocycles. The van der Waals surface area contributed by atoms with Crippen LogP contribution in [0.15, 0.2) is 0 Å². The van der Waals surface area contributed by atoms with Gasteiger partial charge in [0.2, 0.25) is 11.0 Å². The minimum atomic E-state index is -4.91. The molecule has 0 bridgehead atoms. The number of rotatable bonds is 6. The summed E-state index contributed by atoms with van der Waals surface area (Å²) in [6.07, 6.45) is -0.359. The SMILES string of the molecule is CCc1nnc(NC(=O)CC(C(=O)[O-])S(=O)(=O)O)s1.[Na+]. The second-order valence-corrected chi connectivity index (χ2v) is 6.09. The number of amides is 1. The fourth-order valence-electron chi connectivity index (χ4n) is 1.10. The zero-order valence-electron chi connectivity index (χ0n) is 10.7. The molecule has 2 N–H and O–H groups in total. The van der Waals surface area contributed by atoms with Crippen LogP contribution in [0.25, 0.3) is 0 Å². The van der Waals surface area contributed by atoms with Gasteiger partial charge >= 0.3 is 29.6 Å². The number of nitrogens with zero attached hydrogens (tertiary/aromatic N) is 2. The third kappa shape index (κ3) is 5.81. The largest absolute Gasteiger partial charge is 1.00 e. The standard InChI is InChI=1S/C8H11N3O6S2.Na/c1-2-6-10-11-8(18-6)9-5(12)3-4(7(13)14)19(15,16)17;/h4H,2-3H2,1H3,(H,13,14)(H,9,11,12)(H,15,16,17);/q;+1/p-1. The molecular formula is C8H10N3NaO6S2. The van der Waals surface area contributed by atoms with Gasteiger partial charge < -0.3 is 15.2 Å². The van der Waals surface area contributed by atoms with Crippen LogP contribution in [0.5, 0.6) is 0 Å². The predicted octanol–water partition coefficient (Wildman–Crippen LogP) is -4.56. The van der Waals surface area contributed by atoms with Crippen LogP contribution in [0.2, 0.25) is 0 Å². The van der Waals surface area contributed by atoms with Crippen molar-refractivity contribution in [2.45, 2.75) is 25.0 Å². The van der Waals surface area contributed by atoms with Crippen LogP contribution in [0.1, 0.15) is 18.4 Å². The maximum Gasteiger partial charge on any atom is 1.00 e. The molecule has 106 valence electrons. The zero-order chi connectivity index (χ0) is 14.6. The number of carboxylic acid groups (broad SMARTS) is 1. The number of aromatic nitrogens is 2. The van der Waals surface area contributed by atoms with E-state index in [9.17, 15) is 23.1 Å². The van der Waals surface area contributed by atoms with Gasteiger partial charge in [-0.25, -0.2) is 0 Å². The summed E-state index contributed by atoms with van der Waals surface area (Å²) in [4.78, 5) is 22.0. The van der Waals surface area contributed by atoms with E-state index >= 15 is 0 Å². The third-order valence-corrected chi connectivity index (χ3v) is 4.07. The fourth-order valence-corrected chi connectivity index (χ4v) is 2.40. The van der Waals surface area contributed by atoms with Crippen LogP contribution in [0.3, 0.4) is 0 Å². The van der Waals surface area contributed by atoms with Crippen molar-refractivity contribution in [2.24, 2.45) is 0 Å². The first-order chi connectivity index (χ1) is 8.74. The molecule has 0 saturated carbocycles. The van der Waals surface area contributed by atoms with E-state index in [1.54, 1.807) is 0 Å². The minimum Gasteiger partial charge on any atom is -0.549 e. The van der Waals surface area contributed by atoms with Crippen molar-refractivity contribution in [1.82, 2.24) is 10.2 Å². The molecule has 1 aromatic rings. The van der Waals surface area contributed by atoms with Gasteiger partial charge in [-0.15, -0.1) is 10.2 Å². The van der Waals surface area contributed by atoms with Crippen molar-refractivity contribution >= 4 is 38.5 Å². The monoisotopic (exact) mass is 331 g/mol. The van der Waals surface area contributed by atoms with E-state index in [1.807, 2.05) is 6.92 Å². The molecule has 0 spiro atoms. The molecular weight excluding hydrogens is 321 g/mol. The number of aryl methyl sites for hydroxylation is 1. The topological polar surface area (TPSA) is 149 Å². The summed E-state index contributed by atoms with van der Waals surface area (Å²) in [5, 5.41) is 18.5. The second kappa shape index (κ2) is 8.00. The number of hydrogen-bond acceptors (Lipinski definition) is 8. The van der Waals surface area contributed by atoms with Crippen LogP contribution >= 0.6 is 11.3 Å². The van der Waals surface area contributed by atoms with Gasteiger partial charge in [0.1, 0.15) is 10.3 Å². The van der Waals surface area contributed by atoms with Gasteiger partial charge in [-0.2, -0.15) is 8.42 Å². The van der Waals surface area contributed by atoms with Crippen LogP contribution in [0.4, 0.5) is 5.13 Å². The van der Waals surface area contributed by atoms with Crippen molar-refractivity contribution in [3.63, 3.8) is 0 Å². The van der Waals surface area contributed by atoms with E-state index < -0.39 is 33.7 Å². The molecule has 1 unspecified atom stereocenters. The maximum absolute atomic E-state index is 11.4. The van der Waals surface area contributed by atoms with Gasteiger partial charge in [-0.3, -0.25) is 9.35 Å². The van der Waals surface area contributed by atoms with Gasteiger partial charge in [-0.1, -0.05) is 18.3 Å². The Morgan fingerprint density at radius 2 is 2.05 bits per heavy atom. The first-order valence-corrected chi connectivity index (χ1v) is 7.35. The van der Waals surface area contributed by atoms with Crippen LogP contribution in [0, 0.1) is 0 Å². The van der Waals surface area contributed by atoms with E-state index in [2.05, 4.69) is 15.5 Å². The maximum atomic E-state index is 11.4. The Balaban J connectivity index is 0.00000361. The summed E-state index contributed by atoms with van der Waals surface area (Å²) in [7, 11) is -4.91. The third-order valence-electron chi connectivity index (χ3n) is 2.01. The van der Waals surface area contributed by atoms with Crippen LogP contribution in [-0.2, 0) is 26.1 Å². The first kappa shape index (κ1) is 19.4. The Hall–Kier alpha value is -0.590. The summed E-state index contributed by atoms with van der Waals surface area (Å²) < 4.78 is 30.1. The van der Waals surface area contributed by atoms with E-state index in [-0.39, 0.29) is 34.7 Å². The van der Waals surface area contributed by atoms with Crippen LogP contribution in [-0.4, -0.2) is 40.3 Å². The van der Waals surface area contributed by atoms with Gasteiger partial charge in [-0.05, 0) is 6.42 Å². The second-order valence-electron chi connectivity index (χ2n) is 3.43. The molecule has 12 heteroatoms. The molecule has 0 aliphatic rings. The van der Waals surface area contributed by atoms with E-state index in [4.69, 9.17) is 4.55 Å². The van der Waals surface area contributed by atoms with Crippen molar-refractivity contribution in [3.05, 3.63) is 5.01 Å². The number of aliphatic carboxylic acids is 1. The summed E-state index contributed by atoms with van der Waals surface area (Å²) in [6, 6.07) is 0. The molecule has 0 saturated heterocycles. The summed E-state index contributed by atoms with van der Waals surface area (Å²) in [6.45, 7) is 1.83. The van der Waals surface area contributed by atoms with Crippen molar-refractivity contribution < 1.29 is 57.2 Å². The molecule has 0 aliphatic heterocycles. The number of hydrogen-bond donors (Lipinski definition) is 2. The number of nitrogens with one attached hydrogen (secondary N) is 1. The Morgan fingerprint density at radius 1 is 1.45 bits per heavy atom. The molecule has 9 nitrogen and oxygen atoms in total. The molecule has 0 fully saturated rings. The minimum absolute atomic E-state index is 0. The van der Waals surface area contributed by atoms with Crippen molar-refractivity contribution in [1.29, 1.82) is 0 Å². The smallest absolute Gasteiger partial charge is 0.549 e. The quantitative estimate of drug-likeness (QED) is 0.391. The molecule has 0 radical (unpaired) electrons. The van der Waals surface area contributed by atoms with Crippen molar-refractivity contribution in [2.75, 3.05) is 5.32 Å². The van der Waals surface area contributed by atoms with Gasteiger partial charge in [0, 0.05) is 0 Å². The number of carbonyl (C=O) groups excluding carboxylic acids is 2. The predicted molar refractivity (Wildman–Crippen MR) is 62.9 cm³/mol. The Bertz CT molecular complexity index is 587. The first-order valence-electron chi connectivity index (χ1n) is 5.03. The Morgan fingerprint density at radius 3 is 2.45 bits per heavy atom. The molecule has 1 heterocycles. The van der Waals surface area contributed by atoms with Gasteiger partial charge in [0.05, 0.1) is 12.4 Å². The van der Waals surface area contributed by atoms with Crippen LogP contribution < -0.4 is 40.0 Å². The molecule has 20 heavy (non-hydrogen) atoms. The number of anilines is 1. The number of carboxylic acids is 1. The van der Waals surface area contributed by atoms with Crippen molar-refractivity contribution in [3.8, 4) is 0 Å². The van der Waals surface area contributed by atoms with E-state index in [1.165, 1.54) is 0 Å². The fraction of sp³-hybridized carbons (Fsp3) is 0.500. The van der Waals surface area contributed by atoms with E-state index in [0.29, 0.717) is 11.4 Å². The zero-order valence-corrected chi connectivity index (χ0v) is 14.3. The van der Waals surface area contributed by atoms with Gasteiger partial charge in [0.15, 0.2) is 0 Å². The molecule has 1 aromatic heterocycles. The molecule has 1 amide bonds. The normalized spacial score (nSPS) is 12.3. The molecule has 1 rings (SSSR count). The average Bonchev–Trinajstić information content (AvgIpc) is 2.71.